The molecule has 0 amide bonds. The van der Waals surface area contributed by atoms with Crippen LogP contribution in [0, 0.1) is 13.8 Å². The molecule has 1 aliphatic heterocycles. The highest BCUT2D eigenvalue weighted by atomic mass is 16.5. The molecule has 0 fully saturated rings. The molecule has 0 radical (unpaired) electrons. The van der Waals surface area contributed by atoms with Crippen LogP contribution in [0.15, 0.2) is 40.9 Å². The Hall–Kier alpha value is -2.83. The van der Waals surface area contributed by atoms with E-state index in [1.807, 2.05) is 13.8 Å². The summed E-state index contributed by atoms with van der Waals surface area (Å²) in [5.74, 6) is 2.35. The first-order valence-corrected chi connectivity index (χ1v) is 10.2. The van der Waals surface area contributed by atoms with Gasteiger partial charge < -0.3 is 14.0 Å². The van der Waals surface area contributed by atoms with Crippen molar-refractivity contribution in [3.8, 4) is 22.6 Å². The van der Waals surface area contributed by atoms with Crippen LogP contribution in [0.3, 0.4) is 0 Å². The topological polar surface area (TPSA) is 59.8 Å². The van der Waals surface area contributed by atoms with Gasteiger partial charge in [-0.25, -0.2) is 5.01 Å². The van der Waals surface area contributed by atoms with Crippen LogP contribution in [0.1, 0.15) is 41.1 Å². The second-order valence-electron chi connectivity index (χ2n) is 7.97. The number of hydrogen-bond acceptors (Lipinski definition) is 6. The first kappa shape index (κ1) is 20.4. The van der Waals surface area contributed by atoms with Crippen molar-refractivity contribution in [3.63, 3.8) is 0 Å². The summed E-state index contributed by atoms with van der Waals surface area (Å²) in [7, 11) is 5.45. The third-order valence-corrected chi connectivity index (χ3v) is 5.83. The molecule has 1 aromatic heterocycles. The third-order valence-electron chi connectivity index (χ3n) is 5.83. The van der Waals surface area contributed by atoms with Crippen molar-refractivity contribution in [1.82, 2.24) is 15.6 Å². The highest BCUT2D eigenvalue weighted by Crippen LogP contribution is 2.39. The molecule has 2 atom stereocenters. The summed E-state index contributed by atoms with van der Waals surface area (Å²) >= 11 is 0. The van der Waals surface area contributed by atoms with Gasteiger partial charge in [0.2, 0.25) is 0 Å². The van der Waals surface area contributed by atoms with Crippen molar-refractivity contribution in [2.75, 3.05) is 21.3 Å². The fraction of sp³-hybridized carbons (Fsp3) is 0.375. The van der Waals surface area contributed by atoms with E-state index >= 15 is 0 Å². The number of methoxy groups -OCH3 is 2. The number of nitrogens with zero attached hydrogens (tertiary/aromatic N) is 2. The van der Waals surface area contributed by atoms with Crippen LogP contribution in [0.2, 0.25) is 0 Å². The Labute approximate surface area is 177 Å². The van der Waals surface area contributed by atoms with E-state index in [9.17, 15) is 0 Å². The number of hydrogen-bond donors (Lipinski definition) is 1. The molecule has 6 nitrogen and oxygen atoms in total. The Kier molecular flexibility index (Phi) is 5.54. The van der Waals surface area contributed by atoms with Crippen LogP contribution in [-0.4, -0.2) is 37.5 Å². The highest BCUT2D eigenvalue weighted by Gasteiger charge is 2.29. The molecule has 2 heterocycles. The van der Waals surface area contributed by atoms with Gasteiger partial charge in [-0.05, 0) is 61.6 Å². The quantitative estimate of drug-likeness (QED) is 0.690. The maximum atomic E-state index is 5.60. The highest BCUT2D eigenvalue weighted by molar-refractivity contribution is 5.68. The number of aryl methyl sites for hydroxylation is 2. The van der Waals surface area contributed by atoms with Crippen LogP contribution in [0.25, 0.3) is 11.1 Å². The van der Waals surface area contributed by atoms with E-state index in [-0.39, 0.29) is 6.04 Å². The zero-order chi connectivity index (χ0) is 21.4. The van der Waals surface area contributed by atoms with Crippen LogP contribution >= 0.6 is 0 Å². The predicted molar refractivity (Wildman–Crippen MR) is 117 cm³/mol. The molecule has 4 rings (SSSR count). The van der Waals surface area contributed by atoms with E-state index in [2.05, 4.69) is 66.0 Å². The van der Waals surface area contributed by atoms with Crippen LogP contribution in [0.5, 0.6) is 11.5 Å². The summed E-state index contributed by atoms with van der Waals surface area (Å²) in [6, 6.07) is 13.2. The van der Waals surface area contributed by atoms with Gasteiger partial charge in [0.15, 0.2) is 11.5 Å². The van der Waals surface area contributed by atoms with Gasteiger partial charge in [-0.2, -0.15) is 0 Å². The van der Waals surface area contributed by atoms with Gasteiger partial charge in [0, 0.05) is 18.7 Å². The Morgan fingerprint density at radius 1 is 1.07 bits per heavy atom. The minimum Gasteiger partial charge on any atom is -0.493 e. The van der Waals surface area contributed by atoms with Gasteiger partial charge in [-0.1, -0.05) is 29.4 Å². The average Bonchev–Trinajstić information content (AvgIpc) is 3.00. The fourth-order valence-electron chi connectivity index (χ4n) is 4.50. The standard InChI is InChI=1S/C24H29N3O3/c1-14-11-19-12-21(28-5)22(29-6)13-20(19)24(27(4)25-14)18-9-7-17(8-10-18)23-15(2)26-30-16(23)3/h7-10,12-14,24-25H,11H2,1-6H3. The Morgan fingerprint density at radius 3 is 2.33 bits per heavy atom. The molecular formula is C24H29N3O3. The lowest BCUT2D eigenvalue weighted by atomic mass is 9.91. The smallest absolute Gasteiger partial charge is 0.161 e. The number of hydrazine groups is 1. The lowest BCUT2D eigenvalue weighted by molar-refractivity contribution is 0.172. The Morgan fingerprint density at radius 2 is 1.73 bits per heavy atom. The number of fused-ring (bicyclic) bond motifs is 1. The lowest BCUT2D eigenvalue weighted by Gasteiger charge is -2.29. The van der Waals surface area contributed by atoms with Gasteiger partial charge in [0.05, 0.1) is 26.0 Å². The predicted octanol–water partition coefficient (Wildman–Crippen LogP) is 4.45. The molecule has 6 heteroatoms. The molecule has 1 aliphatic rings. The molecule has 0 aliphatic carbocycles. The monoisotopic (exact) mass is 407 g/mol. The van der Waals surface area contributed by atoms with E-state index < -0.39 is 0 Å². The Bertz CT molecular complexity index is 1020. The zero-order valence-electron chi connectivity index (χ0n) is 18.4. The minimum atomic E-state index is 0.0449. The van der Waals surface area contributed by atoms with Gasteiger partial charge >= 0.3 is 0 Å². The molecule has 2 unspecified atom stereocenters. The van der Waals surface area contributed by atoms with E-state index in [1.165, 1.54) is 16.7 Å². The summed E-state index contributed by atoms with van der Waals surface area (Å²) in [5.41, 5.74) is 10.4. The number of nitrogens with one attached hydrogen (secondary N) is 1. The molecular weight excluding hydrogens is 378 g/mol. The van der Waals surface area contributed by atoms with Gasteiger partial charge in [0.25, 0.3) is 0 Å². The van der Waals surface area contributed by atoms with E-state index in [0.29, 0.717) is 6.04 Å². The molecule has 0 bridgehead atoms. The average molecular weight is 408 g/mol. The van der Waals surface area contributed by atoms with Crippen LogP contribution < -0.4 is 14.9 Å². The largest absolute Gasteiger partial charge is 0.493 e. The van der Waals surface area contributed by atoms with Crippen molar-refractivity contribution >= 4 is 0 Å². The fourth-order valence-corrected chi connectivity index (χ4v) is 4.50. The Balaban J connectivity index is 1.80. The van der Waals surface area contributed by atoms with Crippen molar-refractivity contribution in [2.45, 2.75) is 39.3 Å². The van der Waals surface area contributed by atoms with Crippen LogP contribution in [-0.2, 0) is 6.42 Å². The number of ether oxygens (including phenoxy) is 2. The second-order valence-corrected chi connectivity index (χ2v) is 7.97. The van der Waals surface area contributed by atoms with E-state index in [4.69, 9.17) is 14.0 Å². The molecule has 2 aromatic carbocycles. The summed E-state index contributed by atoms with van der Waals surface area (Å²) in [6.45, 7) is 6.11. The molecule has 30 heavy (non-hydrogen) atoms. The summed E-state index contributed by atoms with van der Waals surface area (Å²) in [6.07, 6.45) is 0.910. The molecule has 0 saturated carbocycles. The van der Waals surface area contributed by atoms with Crippen molar-refractivity contribution in [3.05, 3.63) is 64.5 Å². The van der Waals surface area contributed by atoms with Gasteiger partial charge in [0.1, 0.15) is 5.76 Å². The molecule has 0 spiro atoms. The van der Waals surface area contributed by atoms with Crippen molar-refractivity contribution in [1.29, 1.82) is 0 Å². The molecule has 158 valence electrons. The zero-order valence-corrected chi connectivity index (χ0v) is 18.4. The number of rotatable bonds is 4. The first-order valence-electron chi connectivity index (χ1n) is 10.2. The normalized spacial score (nSPS) is 19.3. The van der Waals surface area contributed by atoms with Gasteiger partial charge in [-0.15, -0.1) is 0 Å². The maximum absolute atomic E-state index is 5.60. The molecule has 1 N–H and O–H groups in total. The molecule has 0 saturated heterocycles. The first-order chi connectivity index (χ1) is 14.4. The summed E-state index contributed by atoms with van der Waals surface area (Å²) < 4.78 is 16.5. The van der Waals surface area contributed by atoms with Crippen molar-refractivity contribution in [2.24, 2.45) is 0 Å². The summed E-state index contributed by atoms with van der Waals surface area (Å²) in [4.78, 5) is 0. The van der Waals surface area contributed by atoms with Gasteiger partial charge in [-0.3, -0.25) is 5.43 Å². The van der Waals surface area contributed by atoms with E-state index in [0.717, 1.165) is 40.5 Å². The number of aromatic nitrogens is 1. The lowest BCUT2D eigenvalue weighted by Crippen LogP contribution is -2.42. The SMILES string of the molecule is COc1cc2c(cc1OC)C(c1ccc(-c3c(C)noc3C)cc1)N(C)NC(C)C2. The second kappa shape index (κ2) is 8.13. The van der Waals surface area contributed by atoms with E-state index in [1.54, 1.807) is 14.2 Å². The maximum Gasteiger partial charge on any atom is 0.161 e. The molecule has 3 aromatic rings. The third kappa shape index (κ3) is 3.57. The van der Waals surface area contributed by atoms with Crippen molar-refractivity contribution < 1.29 is 14.0 Å². The van der Waals surface area contributed by atoms with Crippen LogP contribution in [0.4, 0.5) is 0 Å². The minimum absolute atomic E-state index is 0.0449. The summed E-state index contributed by atoms with van der Waals surface area (Å²) in [5, 5.41) is 6.27. The number of benzene rings is 2.